The molecule has 0 aliphatic heterocycles. The maximum Gasteiger partial charge on any atom is 0.253 e. The maximum absolute atomic E-state index is 12.7. The number of carbonyl (C=O) groups excluding carboxylic acids is 1. The van der Waals surface area contributed by atoms with Gasteiger partial charge in [0, 0.05) is 12.4 Å². The minimum absolute atomic E-state index is 0.200. The molecule has 3 aromatic rings. The Kier molecular flexibility index (Phi) is 5.34. The molecular weight excluding hydrogens is 462 g/mol. The molecule has 8 heteroatoms. The molecule has 2 heterocycles. The molecule has 0 atom stereocenters. The Morgan fingerprint density at radius 1 is 1.19 bits per heavy atom. The van der Waals surface area contributed by atoms with E-state index in [0.717, 1.165) is 14.5 Å². The molecule has 6 nitrogen and oxygen atoms in total. The lowest BCUT2D eigenvalue weighted by atomic mass is 10.1. The van der Waals surface area contributed by atoms with Crippen LogP contribution in [0.2, 0.25) is 0 Å². The topological polar surface area (TPSA) is 64.7 Å². The summed E-state index contributed by atoms with van der Waals surface area (Å²) in [6.07, 6.45) is 5.28. The van der Waals surface area contributed by atoms with Crippen LogP contribution in [0.1, 0.15) is 25.0 Å². The standard InChI is InChI=1S/C18H19Br2N5O/c1-12-4-6-13(7-5-12)9-24-11-15(20)16(23-24)22-17(26)18(2,3)25-10-14(19)8-21-25/h4-8,10-11H,9H2,1-3H3,(H,22,23,26). The van der Waals surface area contributed by atoms with Crippen molar-refractivity contribution in [2.45, 2.75) is 32.9 Å². The number of nitrogens with zero attached hydrogens (tertiary/aromatic N) is 4. The van der Waals surface area contributed by atoms with Crippen LogP contribution in [-0.4, -0.2) is 25.5 Å². The molecule has 0 unspecified atom stereocenters. The van der Waals surface area contributed by atoms with E-state index in [-0.39, 0.29) is 5.91 Å². The quantitative estimate of drug-likeness (QED) is 0.590. The van der Waals surface area contributed by atoms with Crippen molar-refractivity contribution >= 4 is 43.6 Å². The van der Waals surface area contributed by atoms with Crippen LogP contribution in [0, 0.1) is 6.92 Å². The Morgan fingerprint density at radius 3 is 2.50 bits per heavy atom. The van der Waals surface area contributed by atoms with Crippen LogP contribution in [0.5, 0.6) is 0 Å². The number of anilines is 1. The van der Waals surface area contributed by atoms with Crippen molar-refractivity contribution < 1.29 is 4.79 Å². The number of hydrogen-bond donors (Lipinski definition) is 1. The van der Waals surface area contributed by atoms with Crippen LogP contribution < -0.4 is 5.32 Å². The zero-order valence-corrected chi connectivity index (χ0v) is 17.9. The predicted molar refractivity (Wildman–Crippen MR) is 108 cm³/mol. The molecule has 0 fully saturated rings. The highest BCUT2D eigenvalue weighted by Crippen LogP contribution is 2.24. The number of rotatable bonds is 5. The lowest BCUT2D eigenvalue weighted by Crippen LogP contribution is -2.40. The van der Waals surface area contributed by atoms with Gasteiger partial charge in [-0.1, -0.05) is 29.8 Å². The summed E-state index contributed by atoms with van der Waals surface area (Å²) in [5, 5.41) is 11.6. The summed E-state index contributed by atoms with van der Waals surface area (Å²) in [6.45, 7) is 6.30. The SMILES string of the molecule is Cc1ccc(Cn2cc(Br)c(NC(=O)C(C)(C)n3cc(Br)cn3)n2)cc1. The Bertz CT molecular complexity index is 927. The Hall–Kier alpha value is -1.93. The van der Waals surface area contributed by atoms with Gasteiger partial charge in [-0.2, -0.15) is 10.2 Å². The molecule has 3 rings (SSSR count). The maximum atomic E-state index is 12.7. The van der Waals surface area contributed by atoms with E-state index < -0.39 is 5.54 Å². The van der Waals surface area contributed by atoms with Crippen LogP contribution in [0.3, 0.4) is 0 Å². The third-order valence-corrected chi connectivity index (χ3v) is 5.08. The number of carbonyl (C=O) groups is 1. The van der Waals surface area contributed by atoms with Crippen molar-refractivity contribution in [1.82, 2.24) is 19.6 Å². The highest BCUT2D eigenvalue weighted by atomic mass is 79.9. The van der Waals surface area contributed by atoms with Gasteiger partial charge in [0.1, 0.15) is 5.54 Å². The molecule has 0 spiro atoms. The molecule has 1 aromatic carbocycles. The third-order valence-electron chi connectivity index (χ3n) is 4.09. The minimum Gasteiger partial charge on any atom is -0.306 e. The van der Waals surface area contributed by atoms with Gasteiger partial charge in [-0.05, 0) is 58.2 Å². The first-order valence-corrected chi connectivity index (χ1v) is 9.65. The van der Waals surface area contributed by atoms with E-state index in [1.807, 2.05) is 6.20 Å². The summed E-state index contributed by atoms with van der Waals surface area (Å²) in [4.78, 5) is 12.7. The zero-order chi connectivity index (χ0) is 18.9. The molecule has 0 aliphatic carbocycles. The molecular formula is C18H19Br2N5O. The molecule has 1 amide bonds. The molecule has 0 radical (unpaired) electrons. The van der Waals surface area contributed by atoms with Gasteiger partial charge >= 0.3 is 0 Å². The third kappa shape index (κ3) is 4.07. The van der Waals surface area contributed by atoms with Gasteiger partial charge in [0.25, 0.3) is 5.91 Å². The number of aryl methyl sites for hydroxylation is 1. The van der Waals surface area contributed by atoms with E-state index >= 15 is 0 Å². The molecule has 1 N–H and O–H groups in total. The number of aromatic nitrogens is 4. The fourth-order valence-corrected chi connectivity index (χ4v) is 3.11. The monoisotopic (exact) mass is 479 g/mol. The molecule has 26 heavy (non-hydrogen) atoms. The van der Waals surface area contributed by atoms with Crippen molar-refractivity contribution in [3.05, 3.63) is 62.9 Å². The first kappa shape index (κ1) is 18.8. The normalized spacial score (nSPS) is 11.6. The van der Waals surface area contributed by atoms with Gasteiger partial charge in [-0.3, -0.25) is 14.2 Å². The fourth-order valence-electron chi connectivity index (χ4n) is 2.41. The van der Waals surface area contributed by atoms with Crippen molar-refractivity contribution in [2.75, 3.05) is 5.32 Å². The van der Waals surface area contributed by atoms with Gasteiger partial charge in [0.2, 0.25) is 0 Å². The van der Waals surface area contributed by atoms with E-state index in [9.17, 15) is 4.79 Å². The second-order valence-corrected chi connectivity index (χ2v) is 8.40. The zero-order valence-electron chi connectivity index (χ0n) is 14.7. The van der Waals surface area contributed by atoms with Crippen LogP contribution >= 0.6 is 31.9 Å². The summed E-state index contributed by atoms with van der Waals surface area (Å²) in [5.41, 5.74) is 1.51. The largest absolute Gasteiger partial charge is 0.306 e. The summed E-state index contributed by atoms with van der Waals surface area (Å²) in [6, 6.07) is 8.28. The van der Waals surface area contributed by atoms with Crippen molar-refractivity contribution in [2.24, 2.45) is 0 Å². The lowest BCUT2D eigenvalue weighted by molar-refractivity contribution is -0.123. The van der Waals surface area contributed by atoms with Crippen LogP contribution in [-0.2, 0) is 16.9 Å². The number of hydrogen-bond acceptors (Lipinski definition) is 3. The van der Waals surface area contributed by atoms with E-state index in [0.29, 0.717) is 12.4 Å². The molecule has 0 aliphatic rings. The van der Waals surface area contributed by atoms with Gasteiger partial charge in [-0.15, -0.1) is 0 Å². The second-order valence-electron chi connectivity index (χ2n) is 6.63. The average molecular weight is 481 g/mol. The molecule has 0 bridgehead atoms. The van der Waals surface area contributed by atoms with Crippen LogP contribution in [0.15, 0.2) is 51.8 Å². The summed E-state index contributed by atoms with van der Waals surface area (Å²) in [7, 11) is 0. The summed E-state index contributed by atoms with van der Waals surface area (Å²) >= 11 is 6.82. The summed E-state index contributed by atoms with van der Waals surface area (Å²) in [5.74, 6) is 0.288. The smallest absolute Gasteiger partial charge is 0.253 e. The molecule has 0 saturated heterocycles. The second kappa shape index (κ2) is 7.36. The number of nitrogens with one attached hydrogen (secondary N) is 1. The highest BCUT2D eigenvalue weighted by molar-refractivity contribution is 9.10. The number of halogens is 2. The Labute approximate surface area is 168 Å². The average Bonchev–Trinajstić information content (AvgIpc) is 3.16. The van der Waals surface area contributed by atoms with Crippen LogP contribution in [0.25, 0.3) is 0 Å². The first-order valence-electron chi connectivity index (χ1n) is 8.06. The Morgan fingerprint density at radius 2 is 1.88 bits per heavy atom. The van der Waals surface area contributed by atoms with Gasteiger partial charge < -0.3 is 5.32 Å². The number of benzene rings is 1. The van der Waals surface area contributed by atoms with Crippen LogP contribution in [0.4, 0.5) is 5.82 Å². The summed E-state index contributed by atoms with van der Waals surface area (Å²) < 4.78 is 4.96. The van der Waals surface area contributed by atoms with Crippen molar-refractivity contribution in [3.8, 4) is 0 Å². The number of amides is 1. The lowest BCUT2D eigenvalue weighted by Gasteiger charge is -2.23. The predicted octanol–water partition coefficient (Wildman–Crippen LogP) is 4.34. The molecule has 2 aromatic heterocycles. The van der Waals surface area contributed by atoms with Crippen molar-refractivity contribution in [1.29, 1.82) is 0 Å². The van der Waals surface area contributed by atoms with Gasteiger partial charge in [0.15, 0.2) is 5.82 Å². The Balaban J connectivity index is 1.74. The van der Waals surface area contributed by atoms with Crippen molar-refractivity contribution in [3.63, 3.8) is 0 Å². The minimum atomic E-state index is -0.855. The van der Waals surface area contributed by atoms with E-state index in [2.05, 4.69) is 78.6 Å². The fraction of sp³-hybridized carbons (Fsp3) is 0.278. The van der Waals surface area contributed by atoms with E-state index in [1.165, 1.54) is 5.56 Å². The van der Waals surface area contributed by atoms with E-state index in [4.69, 9.17) is 0 Å². The van der Waals surface area contributed by atoms with Gasteiger partial charge in [-0.25, -0.2) is 0 Å². The molecule has 136 valence electrons. The molecule has 0 saturated carbocycles. The van der Waals surface area contributed by atoms with E-state index in [1.54, 1.807) is 35.6 Å². The van der Waals surface area contributed by atoms with Gasteiger partial charge in [0.05, 0.1) is 21.7 Å². The first-order chi connectivity index (χ1) is 12.3. The highest BCUT2D eigenvalue weighted by Gasteiger charge is 2.31.